The summed E-state index contributed by atoms with van der Waals surface area (Å²) < 4.78 is 43.4. The van der Waals surface area contributed by atoms with Gasteiger partial charge in [-0.3, -0.25) is 4.79 Å². The Morgan fingerprint density at radius 3 is 2.56 bits per heavy atom. The van der Waals surface area contributed by atoms with E-state index in [0.29, 0.717) is 36.0 Å². The third-order valence-corrected chi connectivity index (χ3v) is 7.39. The number of hydrogen-bond acceptors (Lipinski definition) is 6. The Kier molecular flexibility index (Phi) is 8.44. The molecule has 0 saturated carbocycles. The highest BCUT2D eigenvalue weighted by atomic mass is 19.4. The zero-order chi connectivity index (χ0) is 29.0. The molecule has 1 saturated heterocycles. The summed E-state index contributed by atoms with van der Waals surface area (Å²) in [6.45, 7) is 4.31. The fourth-order valence-corrected chi connectivity index (χ4v) is 5.17. The van der Waals surface area contributed by atoms with Gasteiger partial charge in [0.2, 0.25) is 5.91 Å². The fraction of sp³-hybridized carbons (Fsp3) is 0.367. The Bertz CT molecular complexity index is 1470. The van der Waals surface area contributed by atoms with E-state index in [1.165, 1.54) is 17.8 Å². The molecule has 0 spiro atoms. The van der Waals surface area contributed by atoms with E-state index in [0.717, 1.165) is 30.6 Å². The number of alkyl halides is 3. The Morgan fingerprint density at radius 2 is 1.88 bits per heavy atom. The number of likely N-dealkylation sites (N-methyl/N-ethyl adjacent to an activating group) is 1. The van der Waals surface area contributed by atoms with Crippen molar-refractivity contribution < 1.29 is 22.7 Å². The number of halogens is 3. The standard InChI is InChI=1S/C30H33F3N6O2/c1-20(22-7-9-24(10-8-22)38-17-15-23(19-38)34-2)36-28(40)14-13-27-37-26-4-3-16-35-29(26)39(27)18-21-5-11-25(12-6-21)41-30(31,32)33/h3-12,16,20,23,34H,13-15,17-19H2,1-2H3,(H,36,40). The minimum atomic E-state index is -4.75. The lowest BCUT2D eigenvalue weighted by molar-refractivity contribution is -0.274. The number of aromatic nitrogens is 3. The molecule has 1 aliphatic heterocycles. The number of pyridine rings is 1. The van der Waals surface area contributed by atoms with Crippen LogP contribution < -0.4 is 20.3 Å². The van der Waals surface area contributed by atoms with Gasteiger partial charge >= 0.3 is 6.36 Å². The molecule has 2 unspecified atom stereocenters. The summed E-state index contributed by atoms with van der Waals surface area (Å²) in [6, 6.07) is 18.0. The predicted molar refractivity (Wildman–Crippen MR) is 151 cm³/mol. The van der Waals surface area contributed by atoms with Gasteiger partial charge in [-0.2, -0.15) is 0 Å². The molecule has 11 heteroatoms. The number of aryl methyl sites for hydroxylation is 1. The zero-order valence-electron chi connectivity index (χ0n) is 23.0. The number of ether oxygens (including phenoxy) is 1. The summed E-state index contributed by atoms with van der Waals surface area (Å²) >= 11 is 0. The number of rotatable bonds is 10. The van der Waals surface area contributed by atoms with E-state index >= 15 is 0 Å². The van der Waals surface area contributed by atoms with Crippen molar-refractivity contribution in [3.63, 3.8) is 0 Å². The fourth-order valence-electron chi connectivity index (χ4n) is 5.17. The second-order valence-electron chi connectivity index (χ2n) is 10.3. The molecular formula is C30H33F3N6O2. The molecule has 1 aliphatic rings. The molecule has 2 aromatic carbocycles. The van der Waals surface area contributed by atoms with E-state index in [-0.39, 0.29) is 24.1 Å². The van der Waals surface area contributed by atoms with Crippen molar-refractivity contribution >= 4 is 22.8 Å². The highest BCUT2D eigenvalue weighted by Gasteiger charge is 2.31. The summed E-state index contributed by atoms with van der Waals surface area (Å²) in [5.74, 6) is 0.291. The second-order valence-corrected chi connectivity index (χ2v) is 10.3. The van der Waals surface area contributed by atoms with Gasteiger partial charge in [-0.25, -0.2) is 9.97 Å². The second kappa shape index (κ2) is 12.2. The van der Waals surface area contributed by atoms with E-state index in [9.17, 15) is 18.0 Å². The Morgan fingerprint density at radius 1 is 1.12 bits per heavy atom. The topological polar surface area (TPSA) is 84.3 Å². The maximum absolute atomic E-state index is 12.9. The molecule has 5 rings (SSSR count). The number of anilines is 1. The average Bonchev–Trinajstić information content (AvgIpc) is 3.57. The molecular weight excluding hydrogens is 533 g/mol. The third-order valence-electron chi connectivity index (χ3n) is 7.39. The Labute approximate surface area is 236 Å². The number of carbonyl (C=O) groups is 1. The SMILES string of the molecule is CNC1CCN(c2ccc(C(C)NC(=O)CCc3nc4cccnc4n3Cc3ccc(OC(F)(F)F)cc3)cc2)C1. The highest BCUT2D eigenvalue weighted by molar-refractivity contribution is 5.77. The van der Waals surface area contributed by atoms with Crippen LogP contribution in [0.4, 0.5) is 18.9 Å². The molecule has 216 valence electrons. The average molecular weight is 567 g/mol. The van der Waals surface area contributed by atoms with Crippen LogP contribution in [0.1, 0.15) is 42.8 Å². The number of fused-ring (bicyclic) bond motifs is 1. The molecule has 1 amide bonds. The van der Waals surface area contributed by atoms with Crippen molar-refractivity contribution in [1.82, 2.24) is 25.2 Å². The van der Waals surface area contributed by atoms with Gasteiger partial charge in [-0.05, 0) is 67.9 Å². The van der Waals surface area contributed by atoms with Crippen LogP contribution in [-0.4, -0.2) is 53.0 Å². The molecule has 41 heavy (non-hydrogen) atoms. The lowest BCUT2D eigenvalue weighted by Gasteiger charge is -2.20. The van der Waals surface area contributed by atoms with Crippen molar-refractivity contribution in [2.24, 2.45) is 0 Å². The van der Waals surface area contributed by atoms with Crippen LogP contribution in [0.25, 0.3) is 11.2 Å². The van der Waals surface area contributed by atoms with E-state index in [4.69, 9.17) is 0 Å². The number of carbonyl (C=O) groups excluding carboxylic acids is 1. The molecule has 2 atom stereocenters. The number of amides is 1. The first-order valence-corrected chi connectivity index (χ1v) is 13.6. The van der Waals surface area contributed by atoms with E-state index in [1.807, 2.05) is 24.6 Å². The molecule has 2 aromatic heterocycles. The number of nitrogens with zero attached hydrogens (tertiary/aromatic N) is 4. The van der Waals surface area contributed by atoms with Gasteiger partial charge < -0.3 is 24.8 Å². The first-order valence-electron chi connectivity index (χ1n) is 13.6. The van der Waals surface area contributed by atoms with E-state index in [1.54, 1.807) is 24.4 Å². The van der Waals surface area contributed by atoms with Gasteiger partial charge in [-0.15, -0.1) is 13.2 Å². The summed E-state index contributed by atoms with van der Waals surface area (Å²) in [7, 11) is 1.99. The lowest BCUT2D eigenvalue weighted by atomic mass is 10.1. The van der Waals surface area contributed by atoms with Gasteiger partial charge in [-0.1, -0.05) is 24.3 Å². The van der Waals surface area contributed by atoms with E-state index in [2.05, 4.69) is 54.5 Å². The first-order chi connectivity index (χ1) is 19.7. The summed E-state index contributed by atoms with van der Waals surface area (Å²) in [6.07, 6.45) is -1.36. The van der Waals surface area contributed by atoms with Crippen LogP contribution >= 0.6 is 0 Å². The Hall–Kier alpha value is -4.12. The minimum absolute atomic E-state index is 0.0989. The van der Waals surface area contributed by atoms with Crippen molar-refractivity contribution in [1.29, 1.82) is 0 Å². The van der Waals surface area contributed by atoms with Crippen LogP contribution in [0.2, 0.25) is 0 Å². The van der Waals surface area contributed by atoms with Crippen LogP contribution in [-0.2, 0) is 17.8 Å². The summed E-state index contributed by atoms with van der Waals surface area (Å²) in [5, 5.41) is 6.41. The predicted octanol–water partition coefficient (Wildman–Crippen LogP) is 4.99. The van der Waals surface area contributed by atoms with Gasteiger partial charge in [0.1, 0.15) is 17.1 Å². The number of benzene rings is 2. The lowest BCUT2D eigenvalue weighted by Crippen LogP contribution is -2.29. The van der Waals surface area contributed by atoms with Crippen LogP contribution in [0.5, 0.6) is 5.75 Å². The van der Waals surface area contributed by atoms with Crippen LogP contribution in [0.15, 0.2) is 66.9 Å². The molecule has 4 aromatic rings. The summed E-state index contributed by atoms with van der Waals surface area (Å²) in [4.78, 5) is 24.4. The Balaban J connectivity index is 1.21. The number of imidazole rings is 1. The minimum Gasteiger partial charge on any atom is -0.406 e. The van der Waals surface area contributed by atoms with Gasteiger partial charge in [0.15, 0.2) is 5.65 Å². The van der Waals surface area contributed by atoms with Gasteiger partial charge in [0.05, 0.1) is 12.6 Å². The van der Waals surface area contributed by atoms with E-state index < -0.39 is 6.36 Å². The maximum Gasteiger partial charge on any atom is 0.573 e. The largest absolute Gasteiger partial charge is 0.573 e. The van der Waals surface area contributed by atoms with Gasteiger partial charge in [0, 0.05) is 43.9 Å². The van der Waals surface area contributed by atoms with Gasteiger partial charge in [0.25, 0.3) is 0 Å². The quantitative estimate of drug-likeness (QED) is 0.282. The molecule has 0 radical (unpaired) electrons. The van der Waals surface area contributed by atoms with Crippen molar-refractivity contribution in [3.8, 4) is 5.75 Å². The van der Waals surface area contributed by atoms with Crippen molar-refractivity contribution in [2.45, 2.75) is 51.2 Å². The first kappa shape index (κ1) is 28.4. The van der Waals surface area contributed by atoms with Crippen molar-refractivity contribution in [3.05, 3.63) is 83.8 Å². The zero-order valence-corrected chi connectivity index (χ0v) is 23.0. The molecule has 2 N–H and O–H groups in total. The van der Waals surface area contributed by atoms with Crippen LogP contribution in [0, 0.1) is 0 Å². The normalized spacial score (nSPS) is 16.2. The smallest absolute Gasteiger partial charge is 0.406 e. The summed E-state index contributed by atoms with van der Waals surface area (Å²) in [5.41, 5.74) is 4.29. The monoisotopic (exact) mass is 566 g/mol. The third kappa shape index (κ3) is 7.15. The number of nitrogens with one attached hydrogen (secondary N) is 2. The highest BCUT2D eigenvalue weighted by Crippen LogP contribution is 2.25. The molecule has 0 bridgehead atoms. The molecule has 0 aliphatic carbocycles. The van der Waals surface area contributed by atoms with Crippen molar-refractivity contribution in [2.75, 3.05) is 25.0 Å². The molecule has 3 heterocycles. The maximum atomic E-state index is 12.9. The molecule has 1 fully saturated rings. The number of hydrogen-bond donors (Lipinski definition) is 2. The van der Waals surface area contributed by atoms with Crippen LogP contribution in [0.3, 0.4) is 0 Å². The molecule has 8 nitrogen and oxygen atoms in total.